The lowest BCUT2D eigenvalue weighted by Crippen LogP contribution is -2.70. The number of pyridine rings is 2. The summed E-state index contributed by atoms with van der Waals surface area (Å²) in [5.41, 5.74) is 0.905. The summed E-state index contributed by atoms with van der Waals surface area (Å²) in [6.45, 7) is 2.55. The predicted octanol–water partition coefficient (Wildman–Crippen LogP) is 3.68. The summed E-state index contributed by atoms with van der Waals surface area (Å²) in [5.74, 6) is -0.991. The fourth-order valence-electron chi connectivity index (χ4n) is 5.60. The van der Waals surface area contributed by atoms with Gasteiger partial charge in [0, 0.05) is 42.3 Å². The minimum atomic E-state index is -0.960. The number of nitrogens with zero attached hydrogens (tertiary/aromatic N) is 3. The van der Waals surface area contributed by atoms with Crippen LogP contribution in [-0.4, -0.2) is 32.0 Å². The molecule has 184 valence electrons. The van der Waals surface area contributed by atoms with E-state index in [2.05, 4.69) is 20.6 Å². The standard InChI is InChI=1S/C27H25F2N5O2/c1-16(26-13-27(29,14-26)15-26)30-12-19-9-18-8-17(5-6-20(18)33-24(19)28)11-31-25(36)21-10-23(35)34-7-3-2-4-22(34)32-21/h2-10,16,30H,11-15H2,1H3,(H,31,36)/t16-,26?,27?/m1/s1. The molecule has 2 bridgehead atoms. The molecule has 0 aliphatic heterocycles. The van der Waals surface area contributed by atoms with Gasteiger partial charge < -0.3 is 10.6 Å². The van der Waals surface area contributed by atoms with Crippen molar-refractivity contribution in [3.05, 3.63) is 87.9 Å². The second kappa shape index (κ2) is 8.16. The van der Waals surface area contributed by atoms with Gasteiger partial charge in [-0.3, -0.25) is 14.0 Å². The zero-order chi connectivity index (χ0) is 25.1. The van der Waals surface area contributed by atoms with Crippen LogP contribution < -0.4 is 16.2 Å². The number of carbonyl (C=O) groups is 1. The molecule has 2 N–H and O–H groups in total. The van der Waals surface area contributed by atoms with Gasteiger partial charge in [0.2, 0.25) is 5.95 Å². The molecule has 7 nitrogen and oxygen atoms in total. The van der Waals surface area contributed by atoms with Crippen molar-refractivity contribution in [1.29, 1.82) is 0 Å². The number of hydrogen-bond donors (Lipinski definition) is 2. The summed E-state index contributed by atoms with van der Waals surface area (Å²) in [6, 6.07) is 13.5. The summed E-state index contributed by atoms with van der Waals surface area (Å²) in [4.78, 5) is 33.3. The van der Waals surface area contributed by atoms with Gasteiger partial charge in [-0.25, -0.2) is 14.4 Å². The van der Waals surface area contributed by atoms with E-state index in [1.54, 1.807) is 42.6 Å². The molecule has 1 atom stereocenters. The van der Waals surface area contributed by atoms with Crippen LogP contribution >= 0.6 is 0 Å². The summed E-state index contributed by atoms with van der Waals surface area (Å²) in [5, 5.41) is 6.89. The SMILES string of the molecule is C[C@@H](NCc1cc2cc(CNC(=O)c3cc(=O)n4ccccc4n3)ccc2nc1F)C12CC(F)(C1)C2. The molecule has 3 saturated carbocycles. The number of aromatic nitrogens is 3. The van der Waals surface area contributed by atoms with Gasteiger partial charge in [0.05, 0.1) is 5.52 Å². The third-order valence-electron chi connectivity index (χ3n) is 7.69. The number of carbonyl (C=O) groups excluding carboxylic acids is 1. The number of halogens is 2. The van der Waals surface area contributed by atoms with Crippen molar-refractivity contribution in [2.45, 2.75) is 51.0 Å². The van der Waals surface area contributed by atoms with E-state index in [-0.39, 0.29) is 29.3 Å². The average molecular weight is 490 g/mol. The van der Waals surface area contributed by atoms with Crippen LogP contribution in [0.2, 0.25) is 0 Å². The molecular formula is C27H25F2N5O2. The van der Waals surface area contributed by atoms with E-state index in [0.717, 1.165) is 10.9 Å². The van der Waals surface area contributed by atoms with Crippen LogP contribution in [0.5, 0.6) is 0 Å². The fourth-order valence-corrected chi connectivity index (χ4v) is 5.60. The van der Waals surface area contributed by atoms with Crippen molar-refractivity contribution < 1.29 is 13.6 Å². The van der Waals surface area contributed by atoms with Crippen LogP contribution in [-0.2, 0) is 13.1 Å². The van der Waals surface area contributed by atoms with Crippen molar-refractivity contribution in [3.63, 3.8) is 0 Å². The van der Waals surface area contributed by atoms with Gasteiger partial charge in [0.1, 0.15) is 17.0 Å². The van der Waals surface area contributed by atoms with E-state index in [4.69, 9.17) is 0 Å². The average Bonchev–Trinajstić information content (AvgIpc) is 2.83. The van der Waals surface area contributed by atoms with Crippen molar-refractivity contribution in [3.8, 4) is 0 Å². The lowest BCUT2D eigenvalue weighted by molar-refractivity contribution is -0.226. The second-order valence-electron chi connectivity index (χ2n) is 10.2. The van der Waals surface area contributed by atoms with Gasteiger partial charge in [-0.05, 0) is 67.5 Å². The number of amides is 1. The van der Waals surface area contributed by atoms with Crippen LogP contribution in [0.15, 0.2) is 59.5 Å². The molecule has 0 unspecified atom stereocenters. The maximum atomic E-state index is 14.6. The van der Waals surface area contributed by atoms with Gasteiger partial charge in [0.25, 0.3) is 11.5 Å². The predicted molar refractivity (Wildman–Crippen MR) is 131 cm³/mol. The van der Waals surface area contributed by atoms with Gasteiger partial charge in [-0.1, -0.05) is 12.1 Å². The number of alkyl halides is 1. The highest BCUT2D eigenvalue weighted by molar-refractivity contribution is 5.92. The maximum absolute atomic E-state index is 14.6. The molecule has 3 heterocycles. The molecule has 0 saturated heterocycles. The Bertz CT molecular complexity index is 1560. The number of benzene rings is 1. The molecule has 3 aromatic heterocycles. The van der Waals surface area contributed by atoms with Crippen LogP contribution in [0, 0.1) is 11.4 Å². The lowest BCUT2D eigenvalue weighted by Gasteiger charge is -2.68. The Morgan fingerprint density at radius 1 is 1.11 bits per heavy atom. The number of fused-ring (bicyclic) bond motifs is 2. The largest absolute Gasteiger partial charge is 0.347 e. The molecule has 3 aliphatic carbocycles. The third kappa shape index (κ3) is 3.83. The molecule has 4 aromatic rings. The summed E-state index contributed by atoms with van der Waals surface area (Å²) >= 11 is 0. The van der Waals surface area contributed by atoms with E-state index in [0.29, 0.717) is 42.5 Å². The van der Waals surface area contributed by atoms with Gasteiger partial charge in [-0.15, -0.1) is 0 Å². The molecule has 3 aliphatic rings. The second-order valence-corrected chi connectivity index (χ2v) is 10.2. The molecule has 3 fully saturated rings. The van der Waals surface area contributed by atoms with E-state index in [9.17, 15) is 18.4 Å². The monoisotopic (exact) mass is 489 g/mol. The van der Waals surface area contributed by atoms with E-state index < -0.39 is 17.5 Å². The summed E-state index contributed by atoms with van der Waals surface area (Å²) in [6.07, 6.45) is 3.36. The Hall–Kier alpha value is -3.72. The highest BCUT2D eigenvalue weighted by atomic mass is 19.1. The van der Waals surface area contributed by atoms with Gasteiger partial charge >= 0.3 is 0 Å². The minimum Gasteiger partial charge on any atom is -0.347 e. The molecular weight excluding hydrogens is 464 g/mol. The Labute approximate surface area is 205 Å². The number of nitrogens with one attached hydrogen (secondary N) is 2. The lowest BCUT2D eigenvalue weighted by atomic mass is 9.40. The van der Waals surface area contributed by atoms with Crippen molar-refractivity contribution in [2.24, 2.45) is 5.41 Å². The van der Waals surface area contributed by atoms with Crippen molar-refractivity contribution in [1.82, 2.24) is 25.0 Å². The van der Waals surface area contributed by atoms with Crippen molar-refractivity contribution in [2.75, 3.05) is 0 Å². The van der Waals surface area contributed by atoms with Crippen LogP contribution in [0.25, 0.3) is 16.6 Å². The molecule has 0 radical (unpaired) electrons. The first-order chi connectivity index (χ1) is 17.2. The smallest absolute Gasteiger partial charge is 0.270 e. The molecule has 1 aromatic carbocycles. The summed E-state index contributed by atoms with van der Waals surface area (Å²) < 4.78 is 29.8. The molecule has 36 heavy (non-hydrogen) atoms. The Morgan fingerprint density at radius 2 is 1.92 bits per heavy atom. The van der Waals surface area contributed by atoms with Crippen molar-refractivity contribution >= 4 is 22.5 Å². The van der Waals surface area contributed by atoms with Crippen LogP contribution in [0.4, 0.5) is 8.78 Å². The first-order valence-electron chi connectivity index (χ1n) is 12.0. The van der Waals surface area contributed by atoms with E-state index >= 15 is 0 Å². The molecule has 1 amide bonds. The summed E-state index contributed by atoms with van der Waals surface area (Å²) in [7, 11) is 0. The zero-order valence-corrected chi connectivity index (χ0v) is 19.7. The number of hydrogen-bond acceptors (Lipinski definition) is 5. The fraction of sp³-hybridized carbons (Fsp3) is 0.333. The Balaban J connectivity index is 1.14. The maximum Gasteiger partial charge on any atom is 0.270 e. The van der Waals surface area contributed by atoms with Gasteiger partial charge in [0.15, 0.2) is 0 Å². The van der Waals surface area contributed by atoms with Crippen LogP contribution in [0.3, 0.4) is 0 Å². The Morgan fingerprint density at radius 3 is 2.69 bits per heavy atom. The third-order valence-corrected chi connectivity index (χ3v) is 7.69. The van der Waals surface area contributed by atoms with E-state index in [1.165, 1.54) is 10.5 Å². The molecule has 0 spiro atoms. The zero-order valence-electron chi connectivity index (χ0n) is 19.7. The quantitative estimate of drug-likeness (QED) is 0.387. The van der Waals surface area contributed by atoms with Crippen LogP contribution in [0.1, 0.15) is 47.8 Å². The normalized spacial score (nSPS) is 23.2. The molecule has 9 heteroatoms. The minimum absolute atomic E-state index is 0.00627. The highest BCUT2D eigenvalue weighted by Gasteiger charge is 2.70. The first kappa shape index (κ1) is 22.7. The topological polar surface area (TPSA) is 88.4 Å². The van der Waals surface area contributed by atoms with E-state index in [1.807, 2.05) is 13.0 Å². The molecule has 7 rings (SSSR count). The first-order valence-corrected chi connectivity index (χ1v) is 12.0. The number of rotatable bonds is 7. The Kier molecular flexibility index (Phi) is 5.15. The highest BCUT2D eigenvalue weighted by Crippen LogP contribution is 2.70. The van der Waals surface area contributed by atoms with Gasteiger partial charge in [-0.2, -0.15) is 4.39 Å².